The number of nitrogens with zero attached hydrogens (tertiary/aromatic N) is 1. The van der Waals surface area contributed by atoms with Crippen LogP contribution in [0.15, 0.2) is 96.6 Å². The second kappa shape index (κ2) is 12.8. The highest BCUT2D eigenvalue weighted by Crippen LogP contribution is 2.27. The van der Waals surface area contributed by atoms with E-state index < -0.39 is 5.91 Å². The molecule has 0 saturated heterocycles. The molecule has 1 N–H and O–H groups in total. The number of carbonyl (C=O) groups is 1. The number of hydrogen-bond donors (Lipinski definition) is 1. The van der Waals surface area contributed by atoms with Gasteiger partial charge in [0.25, 0.3) is 5.91 Å². The molecule has 5 nitrogen and oxygen atoms in total. The van der Waals surface area contributed by atoms with Gasteiger partial charge in [0, 0.05) is 21.3 Å². The fourth-order valence-corrected chi connectivity index (χ4v) is 3.92. The molecule has 4 rings (SSSR count). The first-order valence-corrected chi connectivity index (χ1v) is 12.5. The van der Waals surface area contributed by atoms with Gasteiger partial charge in [-0.2, -0.15) is 5.26 Å². The molecule has 190 valence electrons. The molecule has 0 bridgehead atoms. The Morgan fingerprint density at radius 1 is 0.868 bits per heavy atom. The van der Waals surface area contributed by atoms with Crippen molar-refractivity contribution in [1.29, 1.82) is 5.26 Å². The van der Waals surface area contributed by atoms with E-state index in [-0.39, 0.29) is 5.57 Å². The fraction of sp³-hybridized carbons (Fsp3) is 0.0968. The van der Waals surface area contributed by atoms with E-state index in [4.69, 9.17) is 32.7 Å². The van der Waals surface area contributed by atoms with E-state index in [1.165, 1.54) is 6.08 Å². The van der Waals surface area contributed by atoms with Crippen molar-refractivity contribution < 1.29 is 14.3 Å². The summed E-state index contributed by atoms with van der Waals surface area (Å²) in [6, 6.07) is 29.3. The van der Waals surface area contributed by atoms with E-state index >= 15 is 0 Å². The maximum Gasteiger partial charge on any atom is 0.266 e. The number of anilines is 1. The molecule has 0 atom stereocenters. The van der Waals surface area contributed by atoms with Crippen LogP contribution in [0.3, 0.4) is 0 Å². The summed E-state index contributed by atoms with van der Waals surface area (Å²) >= 11 is 12.1. The number of rotatable bonds is 9. The maximum atomic E-state index is 12.9. The van der Waals surface area contributed by atoms with Gasteiger partial charge in [-0.25, -0.2) is 0 Å². The highest BCUT2D eigenvalue weighted by atomic mass is 35.5. The van der Waals surface area contributed by atoms with Crippen molar-refractivity contribution in [2.24, 2.45) is 0 Å². The first kappa shape index (κ1) is 26.8. The molecule has 7 heteroatoms. The van der Waals surface area contributed by atoms with Gasteiger partial charge in [-0.15, -0.1) is 0 Å². The highest BCUT2D eigenvalue weighted by Gasteiger charge is 2.13. The lowest BCUT2D eigenvalue weighted by Gasteiger charge is -2.11. The van der Waals surface area contributed by atoms with Crippen LogP contribution < -0.4 is 14.8 Å². The average Bonchev–Trinajstić information content (AvgIpc) is 2.91. The summed E-state index contributed by atoms with van der Waals surface area (Å²) in [5.41, 5.74) is 4.09. The minimum atomic E-state index is -0.549. The Kier molecular flexibility index (Phi) is 9.05. The fourth-order valence-electron chi connectivity index (χ4n) is 3.61. The smallest absolute Gasteiger partial charge is 0.266 e. The Bertz CT molecular complexity index is 1490. The van der Waals surface area contributed by atoms with Crippen LogP contribution >= 0.6 is 23.2 Å². The van der Waals surface area contributed by atoms with Crippen molar-refractivity contribution in [2.45, 2.75) is 20.1 Å². The number of amides is 1. The number of ether oxygens (including phenoxy) is 2. The number of benzene rings is 4. The van der Waals surface area contributed by atoms with Crippen LogP contribution in [0.5, 0.6) is 11.5 Å². The Balaban J connectivity index is 1.42. The summed E-state index contributed by atoms with van der Waals surface area (Å²) in [6.07, 6.45) is 1.47. The first-order chi connectivity index (χ1) is 18.4. The summed E-state index contributed by atoms with van der Waals surface area (Å²) in [4.78, 5) is 12.9. The number of nitrogens with one attached hydrogen (secondary N) is 1. The van der Waals surface area contributed by atoms with E-state index in [0.29, 0.717) is 46.0 Å². The van der Waals surface area contributed by atoms with Crippen molar-refractivity contribution in [3.05, 3.63) is 129 Å². The van der Waals surface area contributed by atoms with Crippen molar-refractivity contribution in [3.8, 4) is 17.6 Å². The summed E-state index contributed by atoms with van der Waals surface area (Å²) in [5, 5.41) is 13.6. The van der Waals surface area contributed by atoms with Crippen molar-refractivity contribution >= 4 is 40.9 Å². The molecule has 0 aliphatic carbocycles. The monoisotopic (exact) mass is 542 g/mol. The second-order valence-corrected chi connectivity index (χ2v) is 9.40. The topological polar surface area (TPSA) is 71.3 Å². The third kappa shape index (κ3) is 7.63. The lowest BCUT2D eigenvalue weighted by atomic mass is 10.1. The molecule has 0 heterocycles. The summed E-state index contributed by atoms with van der Waals surface area (Å²) in [7, 11) is 0. The molecule has 4 aromatic carbocycles. The number of halogens is 2. The zero-order chi connectivity index (χ0) is 26.9. The molecule has 0 radical (unpaired) electrons. The molecule has 0 saturated carbocycles. The molecular formula is C31H24Cl2N2O3. The highest BCUT2D eigenvalue weighted by molar-refractivity contribution is 6.31. The van der Waals surface area contributed by atoms with Gasteiger partial charge in [0.15, 0.2) is 0 Å². The largest absolute Gasteiger partial charge is 0.489 e. The normalized spacial score (nSPS) is 10.9. The van der Waals surface area contributed by atoms with Gasteiger partial charge in [-0.05, 0) is 78.7 Å². The number of nitriles is 1. The van der Waals surface area contributed by atoms with Crippen LogP contribution in [0.1, 0.15) is 22.3 Å². The Morgan fingerprint density at radius 3 is 2.29 bits per heavy atom. The summed E-state index contributed by atoms with van der Waals surface area (Å²) in [6.45, 7) is 2.74. The molecule has 0 aliphatic heterocycles. The molecule has 0 aromatic heterocycles. The van der Waals surface area contributed by atoms with Crippen LogP contribution in [0.2, 0.25) is 10.0 Å². The van der Waals surface area contributed by atoms with E-state index in [0.717, 1.165) is 16.7 Å². The molecular weight excluding hydrogens is 519 g/mol. The molecule has 1 amide bonds. The number of aryl methyl sites for hydroxylation is 1. The zero-order valence-corrected chi connectivity index (χ0v) is 22.1. The molecule has 0 spiro atoms. The SMILES string of the molecule is Cc1cccc(COc2ccc(Cl)cc2/C=C(\C#N)C(=O)Nc2ccc(OCc3ccc(Cl)cc3)cc2)c1. The van der Waals surface area contributed by atoms with Gasteiger partial charge in [0.05, 0.1) is 0 Å². The third-order valence-corrected chi connectivity index (χ3v) is 6.03. The Labute approximate surface area is 231 Å². The molecule has 4 aromatic rings. The van der Waals surface area contributed by atoms with E-state index in [2.05, 4.69) is 5.32 Å². The van der Waals surface area contributed by atoms with Crippen molar-refractivity contribution in [3.63, 3.8) is 0 Å². The van der Waals surface area contributed by atoms with Gasteiger partial charge in [0.2, 0.25) is 0 Å². The number of hydrogen-bond acceptors (Lipinski definition) is 4. The predicted molar refractivity (Wildman–Crippen MR) is 151 cm³/mol. The second-order valence-electron chi connectivity index (χ2n) is 8.52. The molecule has 0 fully saturated rings. The number of carbonyl (C=O) groups excluding carboxylic acids is 1. The van der Waals surface area contributed by atoms with Gasteiger partial charge < -0.3 is 14.8 Å². The van der Waals surface area contributed by atoms with E-state index in [1.807, 2.05) is 61.5 Å². The van der Waals surface area contributed by atoms with E-state index in [1.54, 1.807) is 42.5 Å². The van der Waals surface area contributed by atoms with Gasteiger partial charge in [0.1, 0.15) is 36.4 Å². The first-order valence-electron chi connectivity index (χ1n) is 11.8. The average molecular weight is 543 g/mol. The maximum absolute atomic E-state index is 12.9. The summed E-state index contributed by atoms with van der Waals surface area (Å²) in [5.74, 6) is 0.605. The van der Waals surface area contributed by atoms with Crippen LogP contribution in [-0.2, 0) is 18.0 Å². The van der Waals surface area contributed by atoms with Crippen molar-refractivity contribution in [2.75, 3.05) is 5.32 Å². The standard InChI is InChI=1S/C31H24Cl2N2O3/c1-21-3-2-4-23(15-21)20-38-30-14-9-27(33)17-24(30)16-25(18-34)31(36)35-28-10-12-29(13-11-28)37-19-22-5-7-26(32)8-6-22/h2-17H,19-20H2,1H3,(H,35,36)/b25-16+. The van der Waals surface area contributed by atoms with Gasteiger partial charge in [-0.1, -0.05) is 65.2 Å². The molecule has 38 heavy (non-hydrogen) atoms. The predicted octanol–water partition coefficient (Wildman–Crippen LogP) is 8.01. The zero-order valence-electron chi connectivity index (χ0n) is 20.6. The van der Waals surface area contributed by atoms with Gasteiger partial charge >= 0.3 is 0 Å². The lowest BCUT2D eigenvalue weighted by molar-refractivity contribution is -0.112. The van der Waals surface area contributed by atoms with Crippen LogP contribution in [-0.4, -0.2) is 5.91 Å². The minimum Gasteiger partial charge on any atom is -0.489 e. The summed E-state index contributed by atoms with van der Waals surface area (Å²) < 4.78 is 11.8. The van der Waals surface area contributed by atoms with Gasteiger partial charge in [-0.3, -0.25) is 4.79 Å². The quantitative estimate of drug-likeness (QED) is 0.172. The lowest BCUT2D eigenvalue weighted by Crippen LogP contribution is -2.13. The van der Waals surface area contributed by atoms with Crippen molar-refractivity contribution in [1.82, 2.24) is 0 Å². The van der Waals surface area contributed by atoms with Crippen LogP contribution in [0.4, 0.5) is 5.69 Å². The van der Waals surface area contributed by atoms with E-state index in [9.17, 15) is 10.1 Å². The Morgan fingerprint density at radius 2 is 1.58 bits per heavy atom. The molecule has 0 unspecified atom stereocenters. The minimum absolute atomic E-state index is 0.0873. The van der Waals surface area contributed by atoms with Crippen LogP contribution in [0, 0.1) is 18.3 Å². The Hall–Kier alpha value is -4.24. The van der Waals surface area contributed by atoms with Crippen LogP contribution in [0.25, 0.3) is 6.08 Å². The third-order valence-electron chi connectivity index (χ3n) is 5.54. The molecule has 0 aliphatic rings.